The highest BCUT2D eigenvalue weighted by molar-refractivity contribution is 7.92. The van der Waals surface area contributed by atoms with Crippen molar-refractivity contribution in [3.8, 4) is 0 Å². The minimum atomic E-state index is -5.08. The van der Waals surface area contributed by atoms with Crippen molar-refractivity contribution in [1.29, 1.82) is 0 Å². The number of nitrogens with zero attached hydrogens (tertiary/aromatic N) is 2. The Balaban J connectivity index is 0.000000479. The quantitative estimate of drug-likeness (QED) is 0.315. The number of thiazole rings is 1. The maximum Gasteiger partial charge on any atom is 0.490 e. The predicted octanol–water partition coefficient (Wildman–Crippen LogP) is 5.19. The third-order valence-electron chi connectivity index (χ3n) is 5.16. The molecule has 3 aromatic rings. The lowest BCUT2D eigenvalue weighted by atomic mass is 10.1. The van der Waals surface area contributed by atoms with Crippen LogP contribution in [0.3, 0.4) is 0 Å². The van der Waals surface area contributed by atoms with Gasteiger partial charge in [-0.2, -0.15) is 13.2 Å². The molecule has 8 nitrogen and oxygen atoms in total. The van der Waals surface area contributed by atoms with E-state index in [1.165, 1.54) is 34.2 Å². The first-order valence-corrected chi connectivity index (χ1v) is 13.4. The Morgan fingerprint density at radius 1 is 1.19 bits per heavy atom. The van der Waals surface area contributed by atoms with Gasteiger partial charge in [0, 0.05) is 18.5 Å². The molecule has 0 unspecified atom stereocenters. The normalized spacial score (nSPS) is 13.8. The fraction of sp³-hybridized carbons (Fsp3) is 0.273. The maximum atomic E-state index is 14.6. The number of aromatic nitrogens is 1. The van der Waals surface area contributed by atoms with E-state index < -0.39 is 32.9 Å². The van der Waals surface area contributed by atoms with Crippen LogP contribution in [0.5, 0.6) is 0 Å². The van der Waals surface area contributed by atoms with Gasteiger partial charge < -0.3 is 10.4 Å². The van der Waals surface area contributed by atoms with Crippen LogP contribution < -0.4 is 10.0 Å². The Morgan fingerprint density at radius 2 is 1.84 bits per heavy atom. The molecule has 1 saturated heterocycles. The van der Waals surface area contributed by atoms with E-state index in [1.54, 1.807) is 0 Å². The first kappa shape index (κ1) is 28.6. The molecular formula is C22H21ClF4N4O4S2. The molecule has 0 saturated carbocycles. The van der Waals surface area contributed by atoms with Crippen LogP contribution in [0.25, 0.3) is 0 Å². The fourth-order valence-corrected chi connectivity index (χ4v) is 5.12. The van der Waals surface area contributed by atoms with Crippen molar-refractivity contribution >= 4 is 50.4 Å². The van der Waals surface area contributed by atoms with Crippen molar-refractivity contribution in [1.82, 2.24) is 9.88 Å². The second kappa shape index (κ2) is 12.1. The van der Waals surface area contributed by atoms with Crippen molar-refractivity contribution in [2.45, 2.75) is 30.6 Å². The Morgan fingerprint density at radius 3 is 2.38 bits per heavy atom. The summed E-state index contributed by atoms with van der Waals surface area (Å²) in [4.78, 5) is 14.6. The van der Waals surface area contributed by atoms with Crippen LogP contribution >= 0.6 is 22.9 Å². The fourth-order valence-electron chi connectivity index (χ4n) is 3.18. The summed E-state index contributed by atoms with van der Waals surface area (Å²) in [6.07, 6.45) is -3.86. The van der Waals surface area contributed by atoms with Crippen LogP contribution in [0.4, 0.5) is 29.1 Å². The second-order valence-electron chi connectivity index (χ2n) is 7.80. The highest BCUT2D eigenvalue weighted by Crippen LogP contribution is 2.30. The molecule has 3 N–H and O–H groups in total. The van der Waals surface area contributed by atoms with E-state index in [1.807, 2.05) is 18.2 Å². The summed E-state index contributed by atoms with van der Waals surface area (Å²) in [5, 5.41) is 11.9. The van der Waals surface area contributed by atoms with Crippen molar-refractivity contribution < 1.29 is 35.9 Å². The first-order valence-electron chi connectivity index (χ1n) is 10.6. The molecule has 2 aromatic carbocycles. The summed E-state index contributed by atoms with van der Waals surface area (Å²) in [5.41, 5.74) is 4.10. The number of benzene rings is 2. The van der Waals surface area contributed by atoms with Gasteiger partial charge in [0.1, 0.15) is 10.7 Å². The number of sulfonamides is 1. The Bertz CT molecular complexity index is 1330. The van der Waals surface area contributed by atoms with Crippen LogP contribution in [0, 0.1) is 5.82 Å². The first-order chi connectivity index (χ1) is 17.4. The van der Waals surface area contributed by atoms with Gasteiger partial charge in [0.05, 0.1) is 16.2 Å². The number of carboxylic acid groups (broad SMARTS) is 1. The molecule has 15 heteroatoms. The zero-order chi connectivity index (χ0) is 27.2. The molecule has 0 amide bonds. The van der Waals surface area contributed by atoms with E-state index in [0.29, 0.717) is 12.2 Å². The molecule has 0 spiro atoms. The van der Waals surface area contributed by atoms with Gasteiger partial charge in [0.25, 0.3) is 10.0 Å². The molecule has 0 aliphatic carbocycles. The topological polar surface area (TPSA) is 112 Å². The zero-order valence-corrected chi connectivity index (χ0v) is 21.3. The van der Waals surface area contributed by atoms with Crippen molar-refractivity contribution in [2.75, 3.05) is 23.1 Å². The predicted molar refractivity (Wildman–Crippen MR) is 132 cm³/mol. The molecule has 1 aliphatic heterocycles. The molecule has 200 valence electrons. The van der Waals surface area contributed by atoms with Gasteiger partial charge in [-0.3, -0.25) is 9.62 Å². The van der Waals surface area contributed by atoms with Gasteiger partial charge in [0.15, 0.2) is 5.82 Å². The number of rotatable bonds is 8. The summed E-state index contributed by atoms with van der Waals surface area (Å²) in [7, 11) is -4.14. The number of nitrogens with one attached hydrogen (secondary N) is 2. The van der Waals surface area contributed by atoms with E-state index >= 15 is 0 Å². The maximum absolute atomic E-state index is 14.6. The summed E-state index contributed by atoms with van der Waals surface area (Å²) in [5.74, 6) is -3.51. The van der Waals surface area contributed by atoms with Gasteiger partial charge >= 0.3 is 12.1 Å². The van der Waals surface area contributed by atoms with Crippen molar-refractivity contribution in [2.24, 2.45) is 0 Å². The second-order valence-corrected chi connectivity index (χ2v) is 10.6. The van der Waals surface area contributed by atoms with Crippen LogP contribution in [-0.4, -0.2) is 48.6 Å². The molecule has 4 rings (SSSR count). The van der Waals surface area contributed by atoms with E-state index in [0.717, 1.165) is 37.3 Å². The molecule has 0 bridgehead atoms. The van der Waals surface area contributed by atoms with E-state index in [2.05, 4.69) is 26.0 Å². The van der Waals surface area contributed by atoms with Crippen LogP contribution in [0.15, 0.2) is 52.2 Å². The molecule has 0 radical (unpaired) electrons. The highest BCUT2D eigenvalue weighted by Gasteiger charge is 2.38. The lowest BCUT2D eigenvalue weighted by Gasteiger charge is -2.31. The third kappa shape index (κ3) is 8.02. The number of halogens is 5. The number of aliphatic carboxylic acids is 1. The van der Waals surface area contributed by atoms with Gasteiger partial charge in [-0.25, -0.2) is 22.6 Å². The molecule has 1 aromatic heterocycles. The van der Waals surface area contributed by atoms with Gasteiger partial charge in [0.2, 0.25) is 0 Å². The smallest absolute Gasteiger partial charge is 0.475 e. The Kier molecular flexibility index (Phi) is 9.34. The van der Waals surface area contributed by atoms with E-state index in [9.17, 15) is 26.0 Å². The van der Waals surface area contributed by atoms with E-state index in [4.69, 9.17) is 21.5 Å². The summed E-state index contributed by atoms with van der Waals surface area (Å²) < 4.78 is 73.6. The molecule has 37 heavy (non-hydrogen) atoms. The molecule has 2 heterocycles. The number of alkyl halides is 3. The number of carboxylic acids is 1. The number of carbonyl (C=O) groups is 1. The van der Waals surface area contributed by atoms with Gasteiger partial charge in [-0.15, -0.1) is 11.3 Å². The lowest BCUT2D eigenvalue weighted by Crippen LogP contribution is -2.36. The number of likely N-dealkylation sites (tertiary alicyclic amines) is 1. The van der Waals surface area contributed by atoms with E-state index in [-0.39, 0.29) is 10.8 Å². The minimum Gasteiger partial charge on any atom is -0.475 e. The zero-order valence-electron chi connectivity index (χ0n) is 18.9. The van der Waals surface area contributed by atoms with Crippen LogP contribution in [-0.2, 0) is 27.9 Å². The largest absolute Gasteiger partial charge is 0.490 e. The van der Waals surface area contributed by atoms with Crippen molar-refractivity contribution in [3.05, 3.63) is 69.3 Å². The molecular weight excluding hydrogens is 560 g/mol. The Hall–Kier alpha value is -2.94. The number of hydrogen-bond donors (Lipinski definition) is 3. The van der Waals surface area contributed by atoms with Crippen molar-refractivity contribution in [3.63, 3.8) is 0 Å². The van der Waals surface area contributed by atoms with Gasteiger partial charge in [-0.1, -0.05) is 35.9 Å². The molecule has 1 aliphatic rings. The monoisotopic (exact) mass is 580 g/mol. The van der Waals surface area contributed by atoms with Gasteiger partial charge in [-0.05, 0) is 42.8 Å². The number of anilines is 2. The lowest BCUT2D eigenvalue weighted by molar-refractivity contribution is -0.192. The summed E-state index contributed by atoms with van der Waals surface area (Å²) in [6.45, 7) is 3.53. The minimum absolute atomic E-state index is 0.121. The third-order valence-corrected chi connectivity index (χ3v) is 7.42. The Labute approximate surface area is 219 Å². The average molecular weight is 581 g/mol. The summed E-state index contributed by atoms with van der Waals surface area (Å²) >= 11 is 7.50. The molecule has 0 atom stereocenters. The summed E-state index contributed by atoms with van der Waals surface area (Å²) in [6, 6.07) is 10.3. The molecule has 1 fully saturated rings. The highest BCUT2D eigenvalue weighted by atomic mass is 35.5. The SMILES string of the molecule is O=C(O)C(F)(F)F.O=S(=O)(Nc1cscn1)c1cc(Cl)c(NCc2ccccc2CN2CCC2)cc1F. The van der Waals surface area contributed by atoms with Crippen LogP contribution in [0.1, 0.15) is 17.5 Å². The average Bonchev–Trinajstić information content (AvgIpc) is 3.29. The standard InChI is InChI=1S/C20H20ClFN4O2S2.C2HF3O2/c21-16-8-19(30(27,28)25-20-12-29-13-24-20)17(22)9-18(16)23-10-14-4-1-2-5-15(14)11-26-6-3-7-26;3-2(4,5)1(6)7/h1-2,4-5,8-9,12-13,23,25H,3,6-7,10-11H2;(H,6,7). The van der Waals surface area contributed by atoms with Crippen LogP contribution in [0.2, 0.25) is 5.02 Å². The number of hydrogen-bond acceptors (Lipinski definition) is 7.